The first-order valence-electron chi connectivity index (χ1n) is 6.06. The molecule has 0 spiro atoms. The molecule has 0 unspecified atom stereocenters. The number of nitrogens with zero attached hydrogens (tertiary/aromatic N) is 2. The number of rotatable bonds is 7. The van der Waals surface area contributed by atoms with Gasteiger partial charge in [0, 0.05) is 16.4 Å². The maximum Gasteiger partial charge on any atom is 0.264 e. The molecule has 0 bridgehead atoms. The summed E-state index contributed by atoms with van der Waals surface area (Å²) >= 11 is 1.81. The summed E-state index contributed by atoms with van der Waals surface area (Å²) in [5, 5.41) is 4.38. The molecule has 1 heterocycles. The molecule has 0 fully saturated rings. The van der Waals surface area contributed by atoms with Crippen LogP contribution in [0.3, 0.4) is 0 Å². The summed E-state index contributed by atoms with van der Waals surface area (Å²) in [6, 6.07) is 0. The van der Waals surface area contributed by atoms with Crippen molar-refractivity contribution in [3.63, 3.8) is 0 Å². The molecule has 0 saturated carbocycles. The van der Waals surface area contributed by atoms with Crippen LogP contribution in [-0.4, -0.2) is 29.7 Å². The summed E-state index contributed by atoms with van der Waals surface area (Å²) < 4.78 is 25.1. The minimum Gasteiger partial charge on any atom is -0.267 e. The fraction of sp³-hybridized carbons (Fsp3) is 0.727. The SMILES string of the molecule is CCSCCn1nc(CC)c(S(=O)(=O)Cl)c1CC. The minimum absolute atomic E-state index is 0.218. The average molecular weight is 311 g/mol. The van der Waals surface area contributed by atoms with Crippen molar-refractivity contribution in [1.82, 2.24) is 9.78 Å². The molecule has 1 aromatic heterocycles. The maximum absolute atomic E-state index is 11.6. The number of hydrogen-bond donors (Lipinski definition) is 0. The molecule has 18 heavy (non-hydrogen) atoms. The van der Waals surface area contributed by atoms with Crippen LogP contribution >= 0.6 is 22.4 Å². The predicted octanol–water partition coefficient (Wildman–Crippen LogP) is 2.69. The summed E-state index contributed by atoms with van der Waals surface area (Å²) in [4.78, 5) is 0.218. The molecule has 1 aromatic rings. The fourth-order valence-electron chi connectivity index (χ4n) is 1.87. The third-order valence-corrected chi connectivity index (χ3v) is 4.94. The Hall–Kier alpha value is -0.200. The van der Waals surface area contributed by atoms with Crippen LogP contribution < -0.4 is 0 Å². The molecule has 4 nitrogen and oxygen atoms in total. The molecule has 0 amide bonds. The zero-order valence-electron chi connectivity index (χ0n) is 10.9. The quantitative estimate of drug-likeness (QED) is 0.574. The topological polar surface area (TPSA) is 52.0 Å². The highest BCUT2D eigenvalue weighted by atomic mass is 35.7. The number of aryl methyl sites for hydroxylation is 2. The summed E-state index contributed by atoms with van der Waals surface area (Å²) in [7, 11) is 1.80. The highest BCUT2D eigenvalue weighted by Crippen LogP contribution is 2.25. The molecule has 0 N–H and O–H groups in total. The van der Waals surface area contributed by atoms with E-state index in [0.29, 0.717) is 18.5 Å². The van der Waals surface area contributed by atoms with Crippen LogP contribution in [0.15, 0.2) is 4.90 Å². The van der Waals surface area contributed by atoms with Gasteiger partial charge in [-0.3, -0.25) is 4.68 Å². The first kappa shape index (κ1) is 15.9. The molecular formula is C11H19ClN2O2S2. The molecule has 0 aromatic carbocycles. The highest BCUT2D eigenvalue weighted by Gasteiger charge is 2.25. The van der Waals surface area contributed by atoms with Gasteiger partial charge in [-0.1, -0.05) is 20.8 Å². The Morgan fingerprint density at radius 1 is 1.28 bits per heavy atom. The van der Waals surface area contributed by atoms with E-state index in [9.17, 15) is 8.42 Å². The first-order valence-corrected chi connectivity index (χ1v) is 9.53. The van der Waals surface area contributed by atoms with Gasteiger partial charge in [0.15, 0.2) is 0 Å². The van der Waals surface area contributed by atoms with E-state index in [4.69, 9.17) is 10.7 Å². The third-order valence-electron chi connectivity index (χ3n) is 2.64. The van der Waals surface area contributed by atoms with Gasteiger partial charge >= 0.3 is 0 Å². The van der Waals surface area contributed by atoms with Crippen LogP contribution in [0.25, 0.3) is 0 Å². The van der Waals surface area contributed by atoms with Gasteiger partial charge in [0.25, 0.3) is 9.05 Å². The number of hydrogen-bond acceptors (Lipinski definition) is 4. The van der Waals surface area contributed by atoms with Crippen molar-refractivity contribution in [3.8, 4) is 0 Å². The van der Waals surface area contributed by atoms with E-state index in [1.165, 1.54) is 0 Å². The number of halogens is 1. The van der Waals surface area contributed by atoms with Crippen molar-refractivity contribution >= 4 is 31.5 Å². The second-order valence-electron chi connectivity index (χ2n) is 3.79. The molecule has 0 radical (unpaired) electrons. The van der Waals surface area contributed by atoms with Crippen molar-refractivity contribution in [1.29, 1.82) is 0 Å². The summed E-state index contributed by atoms with van der Waals surface area (Å²) in [6.45, 7) is 6.63. The molecule has 0 atom stereocenters. The number of aromatic nitrogens is 2. The van der Waals surface area contributed by atoms with Gasteiger partial charge in [0.1, 0.15) is 4.90 Å². The Balaban J connectivity index is 3.17. The largest absolute Gasteiger partial charge is 0.267 e. The van der Waals surface area contributed by atoms with Gasteiger partial charge in [-0.15, -0.1) is 0 Å². The first-order chi connectivity index (χ1) is 8.45. The van der Waals surface area contributed by atoms with E-state index in [-0.39, 0.29) is 4.90 Å². The Morgan fingerprint density at radius 3 is 2.39 bits per heavy atom. The van der Waals surface area contributed by atoms with Gasteiger partial charge in [-0.25, -0.2) is 8.42 Å². The standard InChI is InChI=1S/C11H19ClN2O2S2/c1-4-9-11(18(12,15)16)10(5-2)14(13-9)7-8-17-6-3/h4-8H2,1-3H3. The van der Waals surface area contributed by atoms with Crippen molar-refractivity contribution in [3.05, 3.63) is 11.4 Å². The van der Waals surface area contributed by atoms with Crippen LogP contribution in [0.2, 0.25) is 0 Å². The third kappa shape index (κ3) is 3.65. The van der Waals surface area contributed by atoms with E-state index < -0.39 is 9.05 Å². The van der Waals surface area contributed by atoms with Crippen LogP contribution in [0.1, 0.15) is 32.2 Å². The zero-order valence-corrected chi connectivity index (χ0v) is 13.3. The van der Waals surface area contributed by atoms with E-state index in [1.54, 1.807) is 4.68 Å². The van der Waals surface area contributed by atoms with Crippen molar-refractivity contribution in [2.24, 2.45) is 0 Å². The van der Waals surface area contributed by atoms with Gasteiger partial charge in [0.2, 0.25) is 0 Å². The van der Waals surface area contributed by atoms with Crippen LogP contribution in [0.5, 0.6) is 0 Å². The van der Waals surface area contributed by atoms with Crippen LogP contribution in [0, 0.1) is 0 Å². The summed E-state index contributed by atoms with van der Waals surface area (Å²) in [6.07, 6.45) is 1.19. The molecule has 7 heteroatoms. The average Bonchev–Trinajstić information content (AvgIpc) is 2.67. The van der Waals surface area contributed by atoms with E-state index in [0.717, 1.165) is 23.7 Å². The lowest BCUT2D eigenvalue weighted by Crippen LogP contribution is -2.08. The van der Waals surface area contributed by atoms with Gasteiger partial charge in [0.05, 0.1) is 17.9 Å². The molecule has 0 aliphatic heterocycles. The van der Waals surface area contributed by atoms with Crippen molar-refractivity contribution in [2.75, 3.05) is 11.5 Å². The van der Waals surface area contributed by atoms with E-state index in [1.807, 2.05) is 25.6 Å². The minimum atomic E-state index is -3.72. The van der Waals surface area contributed by atoms with Gasteiger partial charge < -0.3 is 0 Å². The molecule has 1 rings (SSSR count). The molecule has 104 valence electrons. The van der Waals surface area contributed by atoms with E-state index in [2.05, 4.69) is 12.0 Å². The molecule has 0 aliphatic rings. The summed E-state index contributed by atoms with van der Waals surface area (Å²) in [5.74, 6) is 1.97. The molecule has 0 saturated heterocycles. The van der Waals surface area contributed by atoms with Gasteiger partial charge in [-0.05, 0) is 18.6 Å². The van der Waals surface area contributed by atoms with Gasteiger partial charge in [-0.2, -0.15) is 16.9 Å². The number of thioether (sulfide) groups is 1. The lowest BCUT2D eigenvalue weighted by molar-refractivity contribution is 0.603. The maximum atomic E-state index is 11.6. The lowest BCUT2D eigenvalue weighted by atomic mass is 10.2. The monoisotopic (exact) mass is 310 g/mol. The van der Waals surface area contributed by atoms with Crippen molar-refractivity contribution < 1.29 is 8.42 Å². The van der Waals surface area contributed by atoms with Crippen molar-refractivity contribution in [2.45, 2.75) is 45.1 Å². The Morgan fingerprint density at radius 2 is 1.94 bits per heavy atom. The summed E-state index contributed by atoms with van der Waals surface area (Å²) in [5.41, 5.74) is 1.29. The van der Waals surface area contributed by atoms with Crippen LogP contribution in [-0.2, 0) is 28.4 Å². The smallest absolute Gasteiger partial charge is 0.264 e. The molecular weight excluding hydrogens is 292 g/mol. The Bertz CT molecular complexity index is 497. The Kier molecular flexibility index (Phi) is 6.01. The second kappa shape index (κ2) is 6.82. The predicted molar refractivity (Wildman–Crippen MR) is 77.0 cm³/mol. The Labute approximate surface area is 118 Å². The molecule has 0 aliphatic carbocycles. The van der Waals surface area contributed by atoms with E-state index >= 15 is 0 Å². The zero-order chi connectivity index (χ0) is 13.8. The normalized spacial score (nSPS) is 12.0. The lowest BCUT2D eigenvalue weighted by Gasteiger charge is -2.05. The van der Waals surface area contributed by atoms with Crippen LogP contribution in [0.4, 0.5) is 0 Å². The fourth-order valence-corrected chi connectivity index (χ4v) is 3.99. The highest BCUT2D eigenvalue weighted by molar-refractivity contribution is 8.13. The second-order valence-corrected chi connectivity index (χ2v) is 7.68.